The van der Waals surface area contributed by atoms with Crippen molar-refractivity contribution in [2.45, 2.75) is 46.5 Å². The highest BCUT2D eigenvalue weighted by atomic mass is 79.9. The summed E-state index contributed by atoms with van der Waals surface area (Å²) in [5, 5.41) is 0. The summed E-state index contributed by atoms with van der Waals surface area (Å²) in [6.07, 6.45) is 5.09. The molecule has 0 aliphatic carbocycles. The average molecular weight is 531 g/mol. The molecule has 0 saturated carbocycles. The molecule has 0 unspecified atom stereocenters. The lowest BCUT2D eigenvalue weighted by atomic mass is 10.1. The number of esters is 1. The van der Waals surface area contributed by atoms with Gasteiger partial charge in [-0.25, -0.2) is 0 Å². The van der Waals surface area contributed by atoms with Crippen LogP contribution in [0.2, 0.25) is 0 Å². The molecule has 0 atom stereocenters. The number of thiocarbonyl (C=S) groups is 1. The molecule has 1 amide bonds. The molecule has 2 rings (SSSR count). The van der Waals surface area contributed by atoms with Crippen LogP contribution in [-0.4, -0.2) is 47.5 Å². The number of ether oxygens (including phenoxy) is 3. The molecule has 0 aromatic heterocycles. The van der Waals surface area contributed by atoms with Crippen molar-refractivity contribution in [3.8, 4) is 11.5 Å². The van der Waals surface area contributed by atoms with Crippen molar-refractivity contribution in [2.75, 3.05) is 26.4 Å². The van der Waals surface area contributed by atoms with Crippen molar-refractivity contribution in [2.24, 2.45) is 0 Å². The van der Waals surface area contributed by atoms with Gasteiger partial charge in [0.2, 0.25) is 0 Å². The molecule has 1 aromatic carbocycles. The minimum Gasteiger partial charge on any atom is -0.490 e. The minimum absolute atomic E-state index is 0.109. The molecule has 1 saturated heterocycles. The summed E-state index contributed by atoms with van der Waals surface area (Å²) in [7, 11) is 0. The van der Waals surface area contributed by atoms with E-state index in [1.807, 2.05) is 19.1 Å². The molecular formula is C22H28BrNO5S2. The van der Waals surface area contributed by atoms with Gasteiger partial charge in [0.15, 0.2) is 11.5 Å². The number of thioether (sulfide) groups is 1. The molecule has 1 heterocycles. The SMILES string of the molecule is CCCCCOc1c(Br)cc(/C=C2\SC(=S)N(CCC(=O)OCC)C2=O)cc1OCC. The van der Waals surface area contributed by atoms with Crippen LogP contribution in [-0.2, 0) is 14.3 Å². The number of rotatable bonds is 12. The zero-order valence-electron chi connectivity index (χ0n) is 18.1. The number of hydrogen-bond acceptors (Lipinski definition) is 7. The van der Waals surface area contributed by atoms with Crippen molar-refractivity contribution < 1.29 is 23.8 Å². The summed E-state index contributed by atoms with van der Waals surface area (Å²) >= 11 is 10.1. The quantitative estimate of drug-likeness (QED) is 0.152. The number of hydrogen-bond donors (Lipinski definition) is 0. The smallest absolute Gasteiger partial charge is 0.307 e. The lowest BCUT2D eigenvalue weighted by Crippen LogP contribution is -2.30. The number of nitrogens with zero attached hydrogens (tertiary/aromatic N) is 1. The molecule has 31 heavy (non-hydrogen) atoms. The van der Waals surface area contributed by atoms with Gasteiger partial charge in [0.25, 0.3) is 5.91 Å². The normalized spacial score (nSPS) is 15.0. The topological polar surface area (TPSA) is 65.1 Å². The van der Waals surface area contributed by atoms with Crippen LogP contribution in [0.1, 0.15) is 52.0 Å². The first-order valence-corrected chi connectivity index (χ1v) is 12.4. The molecule has 0 spiro atoms. The first-order valence-electron chi connectivity index (χ1n) is 10.4. The van der Waals surface area contributed by atoms with Gasteiger partial charge in [0, 0.05) is 6.54 Å². The van der Waals surface area contributed by atoms with Gasteiger partial charge in [-0.3, -0.25) is 14.5 Å². The van der Waals surface area contributed by atoms with E-state index in [2.05, 4.69) is 22.9 Å². The zero-order valence-corrected chi connectivity index (χ0v) is 21.3. The molecular weight excluding hydrogens is 502 g/mol. The summed E-state index contributed by atoms with van der Waals surface area (Å²) in [6.45, 7) is 7.44. The Balaban J connectivity index is 2.17. The summed E-state index contributed by atoms with van der Waals surface area (Å²) in [6, 6.07) is 3.75. The van der Waals surface area contributed by atoms with Crippen molar-refractivity contribution >= 4 is 62.2 Å². The van der Waals surface area contributed by atoms with Crippen molar-refractivity contribution in [3.05, 3.63) is 27.1 Å². The van der Waals surface area contributed by atoms with E-state index in [-0.39, 0.29) is 24.8 Å². The van der Waals surface area contributed by atoms with Crippen LogP contribution < -0.4 is 9.47 Å². The Kier molecular flexibility index (Phi) is 10.8. The van der Waals surface area contributed by atoms with Crippen LogP contribution >= 0.6 is 39.9 Å². The summed E-state index contributed by atoms with van der Waals surface area (Å²) < 4.78 is 17.8. The lowest BCUT2D eigenvalue weighted by Gasteiger charge is -2.15. The maximum Gasteiger partial charge on any atom is 0.307 e. The molecule has 1 aromatic rings. The largest absolute Gasteiger partial charge is 0.490 e. The summed E-state index contributed by atoms with van der Waals surface area (Å²) in [4.78, 5) is 26.3. The highest BCUT2D eigenvalue weighted by Gasteiger charge is 2.32. The van der Waals surface area contributed by atoms with Gasteiger partial charge in [0.05, 0.1) is 35.6 Å². The molecule has 9 heteroatoms. The lowest BCUT2D eigenvalue weighted by molar-refractivity contribution is -0.143. The predicted molar refractivity (Wildman–Crippen MR) is 131 cm³/mol. The van der Waals surface area contributed by atoms with Gasteiger partial charge in [0.1, 0.15) is 4.32 Å². The zero-order chi connectivity index (χ0) is 22.8. The Hall–Kier alpha value is -1.58. The molecule has 6 nitrogen and oxygen atoms in total. The fourth-order valence-electron chi connectivity index (χ4n) is 2.88. The number of benzene rings is 1. The first kappa shape index (κ1) is 25.7. The van der Waals surface area contributed by atoms with E-state index in [0.717, 1.165) is 29.3 Å². The van der Waals surface area contributed by atoms with Gasteiger partial charge in [-0.2, -0.15) is 0 Å². The number of unbranched alkanes of at least 4 members (excludes halogenated alkanes) is 2. The van der Waals surface area contributed by atoms with Gasteiger partial charge in [-0.1, -0.05) is 43.7 Å². The fraction of sp³-hybridized carbons (Fsp3) is 0.500. The molecule has 170 valence electrons. The van der Waals surface area contributed by atoms with E-state index in [1.54, 1.807) is 13.0 Å². The number of halogens is 1. The third kappa shape index (κ3) is 7.50. The molecule has 1 aliphatic heterocycles. The van der Waals surface area contributed by atoms with Gasteiger partial charge < -0.3 is 14.2 Å². The van der Waals surface area contributed by atoms with Crippen LogP contribution in [0.15, 0.2) is 21.5 Å². The Morgan fingerprint density at radius 2 is 1.97 bits per heavy atom. The Morgan fingerprint density at radius 3 is 2.65 bits per heavy atom. The number of amides is 1. The maximum atomic E-state index is 12.8. The van der Waals surface area contributed by atoms with Gasteiger partial charge in [-0.05, 0) is 60.0 Å². The molecule has 0 N–H and O–H groups in total. The third-order valence-electron chi connectivity index (χ3n) is 4.34. The van der Waals surface area contributed by atoms with Crippen LogP contribution in [0.5, 0.6) is 11.5 Å². The number of carbonyl (C=O) groups excluding carboxylic acids is 2. The van der Waals surface area contributed by atoms with E-state index in [0.29, 0.717) is 40.5 Å². The van der Waals surface area contributed by atoms with E-state index >= 15 is 0 Å². The molecule has 1 aliphatic rings. The van der Waals surface area contributed by atoms with Gasteiger partial charge >= 0.3 is 5.97 Å². The van der Waals surface area contributed by atoms with E-state index < -0.39 is 0 Å². The van der Waals surface area contributed by atoms with Crippen LogP contribution in [0.3, 0.4) is 0 Å². The predicted octanol–water partition coefficient (Wildman–Crippen LogP) is 5.57. The Morgan fingerprint density at radius 1 is 1.19 bits per heavy atom. The first-order chi connectivity index (χ1) is 14.9. The second-order valence-electron chi connectivity index (χ2n) is 6.71. The van der Waals surface area contributed by atoms with E-state index in [9.17, 15) is 9.59 Å². The highest BCUT2D eigenvalue weighted by Crippen LogP contribution is 2.39. The molecule has 1 fully saturated rings. The van der Waals surface area contributed by atoms with Crippen molar-refractivity contribution in [1.29, 1.82) is 0 Å². The minimum atomic E-state index is -0.347. The second kappa shape index (κ2) is 13.1. The van der Waals surface area contributed by atoms with Crippen LogP contribution in [0, 0.1) is 0 Å². The van der Waals surface area contributed by atoms with Gasteiger partial charge in [-0.15, -0.1) is 0 Å². The third-order valence-corrected chi connectivity index (χ3v) is 6.31. The van der Waals surface area contributed by atoms with Crippen molar-refractivity contribution in [1.82, 2.24) is 4.90 Å². The molecule has 0 radical (unpaired) electrons. The Labute approximate surface area is 201 Å². The van der Waals surface area contributed by atoms with Crippen LogP contribution in [0.25, 0.3) is 6.08 Å². The summed E-state index contributed by atoms with van der Waals surface area (Å²) in [5.41, 5.74) is 0.794. The Bertz CT molecular complexity index is 843. The average Bonchev–Trinajstić information content (AvgIpc) is 2.98. The second-order valence-corrected chi connectivity index (χ2v) is 9.24. The van der Waals surface area contributed by atoms with Crippen LogP contribution in [0.4, 0.5) is 0 Å². The standard InChI is InChI=1S/C22H28BrNO5S2/c1-4-7-8-11-29-20-16(23)12-15(13-17(20)27-5-2)14-18-21(26)24(22(30)31-18)10-9-19(25)28-6-3/h12-14H,4-11H2,1-3H3/b18-14-. The van der Waals surface area contributed by atoms with E-state index in [4.69, 9.17) is 26.4 Å². The van der Waals surface area contributed by atoms with E-state index in [1.165, 1.54) is 16.7 Å². The highest BCUT2D eigenvalue weighted by molar-refractivity contribution is 9.10. The monoisotopic (exact) mass is 529 g/mol. The maximum absolute atomic E-state index is 12.8. The summed E-state index contributed by atoms with van der Waals surface area (Å²) in [5.74, 6) is 0.725. The number of carbonyl (C=O) groups is 2. The van der Waals surface area contributed by atoms with Crippen molar-refractivity contribution in [3.63, 3.8) is 0 Å². The fourth-order valence-corrected chi connectivity index (χ4v) is 4.76. The molecule has 0 bridgehead atoms.